The highest BCUT2D eigenvalue weighted by Crippen LogP contribution is 2.53. The molecule has 2 aliphatic rings. The number of hydrogen-bond acceptors (Lipinski definition) is 6. The number of imide groups is 1. The number of aromatic hydroxyl groups is 1. The highest BCUT2D eigenvalue weighted by atomic mass is 16.5. The van der Waals surface area contributed by atoms with Gasteiger partial charge in [0.25, 0.3) is 0 Å². The van der Waals surface area contributed by atoms with Crippen molar-refractivity contribution < 1.29 is 29.3 Å². The fourth-order valence-electron chi connectivity index (χ4n) is 6.29. The number of rotatable bonds is 6. The number of nitrogens with zero attached hydrogens (tertiary/aromatic N) is 1. The number of aromatic nitrogens is 1. The van der Waals surface area contributed by atoms with E-state index in [9.17, 15) is 24.6 Å². The number of carboxylic acid groups (broad SMARTS) is 1. The number of amides is 2. The van der Waals surface area contributed by atoms with Gasteiger partial charge in [0.05, 0.1) is 24.6 Å². The minimum absolute atomic E-state index is 0.0601. The summed E-state index contributed by atoms with van der Waals surface area (Å²) in [6, 6.07) is 18.4. The van der Waals surface area contributed by atoms with Crippen molar-refractivity contribution in [1.82, 2.24) is 10.3 Å². The first-order valence-electron chi connectivity index (χ1n) is 12.6. The van der Waals surface area contributed by atoms with E-state index in [0.29, 0.717) is 22.4 Å². The van der Waals surface area contributed by atoms with Crippen LogP contribution in [0.3, 0.4) is 0 Å². The zero-order valence-electron chi connectivity index (χ0n) is 21.3. The average molecular weight is 526 g/mol. The summed E-state index contributed by atoms with van der Waals surface area (Å²) < 4.78 is 5.28. The van der Waals surface area contributed by atoms with Crippen molar-refractivity contribution in [2.75, 3.05) is 12.0 Å². The first-order chi connectivity index (χ1) is 18.8. The molecule has 9 nitrogen and oxygen atoms in total. The second kappa shape index (κ2) is 8.99. The van der Waals surface area contributed by atoms with E-state index in [1.165, 1.54) is 7.11 Å². The van der Waals surface area contributed by atoms with Gasteiger partial charge in [0.2, 0.25) is 11.8 Å². The molecule has 2 amide bonds. The lowest BCUT2D eigenvalue weighted by Gasteiger charge is -2.31. The molecule has 4 unspecified atom stereocenters. The maximum absolute atomic E-state index is 14.2. The fraction of sp³-hybridized carbons (Fsp3) is 0.233. The number of anilines is 1. The second-order valence-electron chi connectivity index (χ2n) is 10.1. The topological polar surface area (TPSA) is 132 Å². The van der Waals surface area contributed by atoms with Gasteiger partial charge in [-0.1, -0.05) is 48.5 Å². The molecule has 0 spiro atoms. The van der Waals surface area contributed by atoms with E-state index >= 15 is 0 Å². The highest BCUT2D eigenvalue weighted by Gasteiger charge is 2.69. The summed E-state index contributed by atoms with van der Waals surface area (Å²) in [4.78, 5) is 45.7. The molecule has 0 saturated carbocycles. The number of H-pyrrole nitrogens is 1. The zero-order chi connectivity index (χ0) is 27.5. The van der Waals surface area contributed by atoms with E-state index in [1.807, 2.05) is 30.3 Å². The average Bonchev–Trinajstić information content (AvgIpc) is 3.57. The number of para-hydroxylation sites is 3. The van der Waals surface area contributed by atoms with Crippen LogP contribution in [-0.4, -0.2) is 45.6 Å². The number of fused-ring (bicyclic) bond motifs is 2. The lowest BCUT2D eigenvalue weighted by atomic mass is 9.76. The van der Waals surface area contributed by atoms with Crippen LogP contribution in [0, 0.1) is 18.8 Å². The molecular weight excluding hydrogens is 498 g/mol. The molecule has 3 aromatic carbocycles. The normalized spacial score (nSPS) is 24.4. The van der Waals surface area contributed by atoms with Gasteiger partial charge in [-0.05, 0) is 36.2 Å². The first-order valence-corrected chi connectivity index (χ1v) is 12.6. The third kappa shape index (κ3) is 3.54. The molecule has 4 atom stereocenters. The monoisotopic (exact) mass is 525 g/mol. The van der Waals surface area contributed by atoms with Crippen molar-refractivity contribution in [3.63, 3.8) is 0 Å². The summed E-state index contributed by atoms with van der Waals surface area (Å²) in [6.07, 6.45) is 1.68. The Morgan fingerprint density at radius 2 is 1.77 bits per heavy atom. The third-order valence-corrected chi connectivity index (χ3v) is 8.12. The Kier molecular flexibility index (Phi) is 5.69. The highest BCUT2D eigenvalue weighted by molar-refractivity contribution is 6.24. The molecule has 0 bridgehead atoms. The fourth-order valence-corrected chi connectivity index (χ4v) is 6.29. The van der Waals surface area contributed by atoms with Gasteiger partial charge in [-0.3, -0.25) is 19.7 Å². The molecular formula is C30H27N3O6. The predicted molar refractivity (Wildman–Crippen MR) is 144 cm³/mol. The number of carboxylic acids is 1. The lowest BCUT2D eigenvalue weighted by molar-refractivity contribution is -0.148. The van der Waals surface area contributed by atoms with Gasteiger partial charge in [-0.15, -0.1) is 0 Å². The Hall–Kier alpha value is -4.63. The van der Waals surface area contributed by atoms with E-state index in [1.54, 1.807) is 49.5 Å². The van der Waals surface area contributed by atoms with Crippen molar-refractivity contribution in [3.8, 4) is 11.5 Å². The van der Waals surface area contributed by atoms with E-state index in [2.05, 4.69) is 10.3 Å². The maximum Gasteiger partial charge on any atom is 0.325 e. The molecule has 39 heavy (non-hydrogen) atoms. The van der Waals surface area contributed by atoms with Crippen LogP contribution >= 0.6 is 0 Å². The summed E-state index contributed by atoms with van der Waals surface area (Å²) >= 11 is 0. The summed E-state index contributed by atoms with van der Waals surface area (Å²) in [6.45, 7) is 1.80. The van der Waals surface area contributed by atoms with Gasteiger partial charge in [-0.25, -0.2) is 4.90 Å². The molecule has 0 radical (unpaired) electrons. The number of carbonyl (C=O) groups excluding carboxylic acids is 2. The molecule has 2 aliphatic heterocycles. The number of aliphatic carboxylic acids is 1. The number of benzene rings is 3. The van der Waals surface area contributed by atoms with E-state index in [4.69, 9.17) is 4.74 Å². The van der Waals surface area contributed by atoms with Crippen molar-refractivity contribution in [2.45, 2.75) is 24.9 Å². The van der Waals surface area contributed by atoms with Gasteiger partial charge >= 0.3 is 5.97 Å². The number of phenolic OH excluding ortho intramolecular Hbond substituents is 1. The Bertz CT molecular complexity index is 1640. The van der Waals surface area contributed by atoms with Crippen LogP contribution in [0.4, 0.5) is 5.69 Å². The SMILES string of the molecule is COc1cccc(C2NC(Cc3c[nH]c4ccccc34)(C(=O)O)C3C(=O)N(c4ccccc4C)C(=O)C23)c1O. The van der Waals surface area contributed by atoms with Crippen molar-refractivity contribution in [3.05, 3.63) is 89.6 Å². The van der Waals surface area contributed by atoms with Crippen molar-refractivity contribution >= 4 is 34.4 Å². The molecule has 9 heteroatoms. The number of aromatic amines is 1. The van der Waals surface area contributed by atoms with E-state index in [-0.39, 0.29) is 17.9 Å². The van der Waals surface area contributed by atoms with Crippen LogP contribution in [0.1, 0.15) is 22.7 Å². The molecule has 198 valence electrons. The van der Waals surface area contributed by atoms with Gasteiger partial charge in [-0.2, -0.15) is 0 Å². The quantitative estimate of drug-likeness (QED) is 0.282. The minimum Gasteiger partial charge on any atom is -0.504 e. The van der Waals surface area contributed by atoms with Gasteiger partial charge in [0.1, 0.15) is 5.54 Å². The minimum atomic E-state index is -1.83. The molecule has 1 aromatic heterocycles. The molecule has 4 N–H and O–H groups in total. The van der Waals surface area contributed by atoms with E-state index in [0.717, 1.165) is 15.8 Å². The summed E-state index contributed by atoms with van der Waals surface area (Å²) in [5, 5.41) is 25.8. The predicted octanol–water partition coefficient (Wildman–Crippen LogP) is 3.71. The van der Waals surface area contributed by atoms with Crippen LogP contribution < -0.4 is 15.0 Å². The van der Waals surface area contributed by atoms with Gasteiger partial charge in [0.15, 0.2) is 11.5 Å². The molecule has 6 rings (SSSR count). The Labute approximate surface area is 224 Å². The number of hydrogen-bond donors (Lipinski definition) is 4. The number of phenols is 1. The number of carbonyl (C=O) groups is 3. The van der Waals surface area contributed by atoms with Gasteiger partial charge < -0.3 is 19.9 Å². The van der Waals surface area contributed by atoms with Crippen LogP contribution in [0.5, 0.6) is 11.5 Å². The van der Waals surface area contributed by atoms with Crippen LogP contribution in [0.15, 0.2) is 72.9 Å². The summed E-state index contributed by atoms with van der Waals surface area (Å²) in [5.74, 6) is -4.68. The Balaban J connectivity index is 1.55. The third-order valence-electron chi connectivity index (χ3n) is 8.12. The number of ether oxygens (including phenoxy) is 1. The van der Waals surface area contributed by atoms with Gasteiger partial charge in [0, 0.05) is 35.1 Å². The number of methoxy groups -OCH3 is 1. The second-order valence-corrected chi connectivity index (χ2v) is 10.1. The Morgan fingerprint density at radius 3 is 2.51 bits per heavy atom. The number of aryl methyl sites for hydroxylation is 1. The maximum atomic E-state index is 14.2. The van der Waals surface area contributed by atoms with Crippen LogP contribution in [0.25, 0.3) is 10.9 Å². The van der Waals surface area contributed by atoms with Crippen LogP contribution in [-0.2, 0) is 20.8 Å². The standard InChI is InChI=1S/C30H27N3O6/c1-16-8-3-6-12-21(16)33-27(35)23-24(28(33)36)30(29(37)38,14-17-15-31-20-11-5-4-9-18(17)20)32-25(23)19-10-7-13-22(39-2)26(19)34/h3-13,15,23-25,31-32,34H,14H2,1-2H3,(H,37,38). The smallest absolute Gasteiger partial charge is 0.325 e. The summed E-state index contributed by atoms with van der Waals surface area (Å²) in [7, 11) is 1.41. The number of nitrogens with one attached hydrogen (secondary N) is 2. The Morgan fingerprint density at radius 1 is 1.03 bits per heavy atom. The molecule has 4 aromatic rings. The molecule has 3 heterocycles. The first kappa shape index (κ1) is 24.7. The zero-order valence-corrected chi connectivity index (χ0v) is 21.3. The van der Waals surface area contributed by atoms with Crippen molar-refractivity contribution in [2.24, 2.45) is 11.8 Å². The molecule has 0 aliphatic carbocycles. The largest absolute Gasteiger partial charge is 0.504 e. The van der Waals surface area contributed by atoms with Crippen LogP contribution in [0.2, 0.25) is 0 Å². The van der Waals surface area contributed by atoms with Crippen molar-refractivity contribution in [1.29, 1.82) is 0 Å². The van der Waals surface area contributed by atoms with E-state index < -0.39 is 41.2 Å². The molecule has 2 fully saturated rings. The molecule has 2 saturated heterocycles. The summed E-state index contributed by atoms with van der Waals surface area (Å²) in [5.41, 5.74) is 1.12. The lowest BCUT2D eigenvalue weighted by Crippen LogP contribution is -2.57.